The van der Waals surface area contributed by atoms with Crippen LogP contribution in [0.3, 0.4) is 0 Å². The summed E-state index contributed by atoms with van der Waals surface area (Å²) in [6.45, 7) is 3.60. The van der Waals surface area contributed by atoms with Gasteiger partial charge in [-0.05, 0) is 12.1 Å². The SMILES string of the molecule is CON(C)CC1=Nc2c(N)nc3ccccc3c2[N+]1(CC(C)C)OC(=O)C(F)(F)F. The molecule has 3 rings (SSSR count). The molecule has 1 aromatic carbocycles. The lowest BCUT2D eigenvalue weighted by molar-refractivity contribution is -0.224. The Labute approximate surface area is 171 Å². The minimum absolute atomic E-state index is 0.0126. The van der Waals surface area contributed by atoms with Crippen LogP contribution < -0.4 is 10.4 Å². The van der Waals surface area contributed by atoms with E-state index in [0.29, 0.717) is 10.9 Å². The molecule has 162 valence electrons. The van der Waals surface area contributed by atoms with E-state index >= 15 is 0 Å². The van der Waals surface area contributed by atoms with Gasteiger partial charge in [-0.3, -0.25) is 4.84 Å². The normalized spacial score (nSPS) is 18.8. The van der Waals surface area contributed by atoms with E-state index in [0.717, 1.165) is 0 Å². The summed E-state index contributed by atoms with van der Waals surface area (Å²) in [5.74, 6) is -2.31. The van der Waals surface area contributed by atoms with E-state index in [1.54, 1.807) is 31.3 Å². The van der Waals surface area contributed by atoms with Gasteiger partial charge in [0.05, 0.1) is 18.0 Å². The topological polar surface area (TPSA) is 90.0 Å². The van der Waals surface area contributed by atoms with Crippen molar-refractivity contribution < 1.29 is 27.6 Å². The Morgan fingerprint density at radius 1 is 1.30 bits per heavy atom. The third-order valence-electron chi connectivity index (χ3n) is 4.65. The van der Waals surface area contributed by atoms with Crippen LogP contribution in [0.1, 0.15) is 13.8 Å². The maximum Gasteiger partial charge on any atom is 0.497 e. The Morgan fingerprint density at radius 2 is 1.97 bits per heavy atom. The summed E-state index contributed by atoms with van der Waals surface area (Å²) in [5, 5.41) is 1.86. The van der Waals surface area contributed by atoms with E-state index in [2.05, 4.69) is 9.98 Å². The second-order valence-corrected chi connectivity index (χ2v) is 7.40. The fourth-order valence-electron chi connectivity index (χ4n) is 3.47. The number of hydrogen-bond donors (Lipinski definition) is 1. The van der Waals surface area contributed by atoms with E-state index in [9.17, 15) is 18.0 Å². The number of halogens is 3. The van der Waals surface area contributed by atoms with Gasteiger partial charge in [0.2, 0.25) is 5.69 Å². The molecule has 2 aromatic rings. The zero-order chi connectivity index (χ0) is 22.3. The highest BCUT2D eigenvalue weighted by molar-refractivity contribution is 6.13. The van der Waals surface area contributed by atoms with Gasteiger partial charge in [-0.15, -0.1) is 0 Å². The molecule has 0 radical (unpaired) electrons. The van der Waals surface area contributed by atoms with Crippen LogP contribution >= 0.6 is 0 Å². The molecule has 1 atom stereocenters. The fourth-order valence-corrected chi connectivity index (χ4v) is 3.47. The summed E-state index contributed by atoms with van der Waals surface area (Å²) in [7, 11) is 2.99. The number of fused-ring (bicyclic) bond motifs is 3. The van der Waals surface area contributed by atoms with Crippen LogP contribution in [0.4, 0.5) is 30.4 Å². The van der Waals surface area contributed by atoms with Gasteiger partial charge in [-0.1, -0.05) is 30.6 Å². The number of nitrogens with two attached hydrogens (primary N) is 1. The van der Waals surface area contributed by atoms with Crippen LogP contribution in [0.5, 0.6) is 0 Å². The Bertz CT molecular complexity index is 1010. The molecule has 11 heteroatoms. The molecule has 0 aliphatic carbocycles. The number of anilines is 1. The number of carbonyl (C=O) groups excluding carboxylic acids is 1. The molecular formula is C19H23F3N5O3+. The van der Waals surface area contributed by atoms with Crippen molar-refractivity contribution in [2.45, 2.75) is 20.0 Å². The summed E-state index contributed by atoms with van der Waals surface area (Å²) >= 11 is 0. The van der Waals surface area contributed by atoms with Crippen molar-refractivity contribution >= 4 is 39.9 Å². The Balaban J connectivity index is 2.32. The molecule has 2 heterocycles. The maximum absolute atomic E-state index is 13.2. The molecule has 0 amide bonds. The van der Waals surface area contributed by atoms with Crippen molar-refractivity contribution in [2.24, 2.45) is 10.9 Å². The first-order valence-electron chi connectivity index (χ1n) is 9.20. The molecule has 1 aliphatic rings. The van der Waals surface area contributed by atoms with Gasteiger partial charge in [-0.25, -0.2) is 9.78 Å². The number of nitrogen functional groups attached to an aromatic ring is 1. The number of aromatic nitrogens is 1. The van der Waals surface area contributed by atoms with E-state index in [1.165, 1.54) is 12.2 Å². The van der Waals surface area contributed by atoms with Gasteiger partial charge in [-0.2, -0.15) is 23.2 Å². The highest BCUT2D eigenvalue weighted by Gasteiger charge is 2.56. The molecule has 0 saturated carbocycles. The summed E-state index contributed by atoms with van der Waals surface area (Å²) in [6.07, 6.45) is -5.18. The predicted molar refractivity (Wildman–Crippen MR) is 107 cm³/mol. The number of nitrogens with zero attached hydrogens (tertiary/aromatic N) is 4. The molecule has 8 nitrogen and oxygen atoms in total. The molecular weight excluding hydrogens is 403 g/mol. The van der Waals surface area contributed by atoms with Crippen LogP contribution in [-0.2, 0) is 14.5 Å². The van der Waals surface area contributed by atoms with E-state index in [1.807, 2.05) is 13.8 Å². The second-order valence-electron chi connectivity index (χ2n) is 7.40. The predicted octanol–water partition coefficient (Wildman–Crippen LogP) is 3.34. The summed E-state index contributed by atoms with van der Waals surface area (Å²) in [4.78, 5) is 31.1. The summed E-state index contributed by atoms with van der Waals surface area (Å²) < 4.78 is 38.8. The first-order chi connectivity index (χ1) is 14.0. The Kier molecular flexibility index (Phi) is 5.72. The molecule has 0 fully saturated rings. The average molecular weight is 426 g/mol. The molecule has 1 unspecified atom stereocenters. The zero-order valence-corrected chi connectivity index (χ0v) is 17.0. The number of hydrogen-bond acceptors (Lipinski definition) is 7. The number of likely N-dealkylation sites (N-methyl/N-ethyl adjacent to an activating group) is 1. The molecule has 1 aliphatic heterocycles. The maximum atomic E-state index is 13.2. The number of quaternary nitrogens is 1. The van der Waals surface area contributed by atoms with Crippen molar-refractivity contribution in [3.63, 3.8) is 0 Å². The van der Waals surface area contributed by atoms with Crippen molar-refractivity contribution in [3.8, 4) is 0 Å². The number of pyridine rings is 1. The highest BCUT2D eigenvalue weighted by Crippen LogP contribution is 2.49. The summed E-state index contributed by atoms with van der Waals surface area (Å²) in [5.41, 5.74) is 6.99. The van der Waals surface area contributed by atoms with Gasteiger partial charge in [0.15, 0.2) is 11.5 Å². The van der Waals surface area contributed by atoms with Gasteiger partial charge in [0.1, 0.15) is 13.1 Å². The molecule has 0 spiro atoms. The summed E-state index contributed by atoms with van der Waals surface area (Å²) in [6, 6.07) is 6.82. The third-order valence-corrected chi connectivity index (χ3v) is 4.65. The van der Waals surface area contributed by atoms with Crippen molar-refractivity contribution in [3.05, 3.63) is 24.3 Å². The lowest BCUT2D eigenvalue weighted by Crippen LogP contribution is -2.59. The number of benzene rings is 1. The number of amidine groups is 1. The largest absolute Gasteiger partial charge is 0.497 e. The fraction of sp³-hybridized carbons (Fsp3) is 0.421. The molecule has 2 N–H and O–H groups in total. The van der Waals surface area contributed by atoms with Crippen LogP contribution in [0.15, 0.2) is 29.3 Å². The van der Waals surface area contributed by atoms with Crippen molar-refractivity contribution in [2.75, 3.05) is 33.0 Å². The standard InChI is InChI=1S/C19H23F3N5O3/c1-11(2)10-27(30-18(28)19(20,21)22)14(9-26(3)29-4)25-15-16(27)12-7-5-6-8-13(12)24-17(15)23/h5-8,11H,9-10H2,1-4H3,(H2,23,24)/q+1. The monoisotopic (exact) mass is 426 g/mol. The van der Waals surface area contributed by atoms with E-state index < -0.39 is 16.8 Å². The molecule has 30 heavy (non-hydrogen) atoms. The first kappa shape index (κ1) is 21.9. The van der Waals surface area contributed by atoms with Crippen molar-refractivity contribution in [1.82, 2.24) is 14.7 Å². The number of aliphatic imine (C=N–C) groups is 1. The number of rotatable bonds is 6. The minimum atomic E-state index is -5.18. The van der Waals surface area contributed by atoms with E-state index in [-0.39, 0.29) is 42.0 Å². The van der Waals surface area contributed by atoms with Crippen LogP contribution in [0.25, 0.3) is 10.9 Å². The quantitative estimate of drug-likeness (QED) is 0.563. The molecule has 0 saturated heterocycles. The number of para-hydroxylation sites is 1. The number of carbonyl (C=O) groups is 1. The minimum Gasteiger partial charge on any atom is -0.382 e. The highest BCUT2D eigenvalue weighted by atomic mass is 19.4. The van der Waals surface area contributed by atoms with Gasteiger partial charge < -0.3 is 10.6 Å². The van der Waals surface area contributed by atoms with Crippen molar-refractivity contribution in [1.29, 1.82) is 0 Å². The van der Waals surface area contributed by atoms with Crippen LogP contribution in [0, 0.1) is 5.92 Å². The van der Waals surface area contributed by atoms with E-state index in [4.69, 9.17) is 15.4 Å². The number of hydroxylamine groups is 4. The average Bonchev–Trinajstić information content (AvgIpc) is 2.95. The van der Waals surface area contributed by atoms with Gasteiger partial charge in [0, 0.05) is 13.0 Å². The third kappa shape index (κ3) is 3.83. The van der Waals surface area contributed by atoms with Gasteiger partial charge in [0.25, 0.3) is 5.84 Å². The lowest BCUT2D eigenvalue weighted by Gasteiger charge is -2.33. The first-order valence-corrected chi connectivity index (χ1v) is 9.20. The lowest BCUT2D eigenvalue weighted by atomic mass is 10.1. The molecule has 0 bridgehead atoms. The number of alkyl halides is 3. The Morgan fingerprint density at radius 3 is 2.57 bits per heavy atom. The Hall–Kier alpha value is -2.76. The van der Waals surface area contributed by atoms with Crippen LogP contribution in [-0.4, -0.2) is 55.3 Å². The molecule has 1 aromatic heterocycles. The van der Waals surface area contributed by atoms with Gasteiger partial charge >= 0.3 is 12.1 Å². The van der Waals surface area contributed by atoms with Crippen LogP contribution in [0.2, 0.25) is 0 Å². The second kappa shape index (κ2) is 7.82. The zero-order valence-electron chi connectivity index (χ0n) is 17.0. The smallest absolute Gasteiger partial charge is 0.382 e.